The molecule has 1 aromatic carbocycles. The number of benzene rings is 1. The van der Waals surface area contributed by atoms with Gasteiger partial charge in [-0.3, -0.25) is 0 Å². The second-order valence-electron chi connectivity index (χ2n) is 4.27. The van der Waals surface area contributed by atoms with Crippen molar-refractivity contribution in [3.8, 4) is 11.4 Å². The van der Waals surface area contributed by atoms with Crippen LogP contribution in [0.3, 0.4) is 0 Å². The van der Waals surface area contributed by atoms with Gasteiger partial charge in [-0.1, -0.05) is 18.2 Å². The van der Waals surface area contributed by atoms with Crippen molar-refractivity contribution in [2.24, 2.45) is 7.05 Å². The number of rotatable bonds is 1. The molecule has 2 nitrogen and oxygen atoms in total. The molecule has 0 amide bonds. The largest absolute Gasteiger partial charge is 0.330 e. The zero-order chi connectivity index (χ0) is 11.7. The van der Waals surface area contributed by atoms with E-state index >= 15 is 0 Å². The topological polar surface area (TPSA) is 16.8 Å². The molecule has 0 aliphatic carbocycles. The minimum atomic E-state index is 1.04. The van der Waals surface area contributed by atoms with Crippen LogP contribution in [0.15, 0.2) is 30.5 Å². The molecule has 2 aromatic rings. The quantitative estimate of drug-likeness (QED) is 0.665. The van der Waals surface area contributed by atoms with Crippen LogP contribution in [0.4, 0.5) is 0 Å². The summed E-state index contributed by atoms with van der Waals surface area (Å²) in [7, 11) is 2.04. The van der Waals surface area contributed by atoms with Crippen molar-refractivity contribution < 1.29 is 4.57 Å². The fraction of sp³-hybridized carbons (Fsp3) is 0.286. The Morgan fingerprint density at radius 1 is 1.00 bits per heavy atom. The first-order valence-electron chi connectivity index (χ1n) is 5.49. The molecule has 16 heavy (non-hydrogen) atoms. The summed E-state index contributed by atoms with van der Waals surface area (Å²) in [5.74, 6) is 1.04. The van der Waals surface area contributed by atoms with Crippen LogP contribution in [-0.2, 0) is 7.05 Å². The molecule has 2 rings (SSSR count). The van der Waals surface area contributed by atoms with E-state index in [1.807, 2.05) is 20.0 Å². The Labute approximate surface area is 96.6 Å². The third-order valence-corrected chi connectivity index (χ3v) is 2.86. The summed E-state index contributed by atoms with van der Waals surface area (Å²) >= 11 is 0. The molecule has 0 spiro atoms. The molecular weight excluding hydrogens is 196 g/mol. The van der Waals surface area contributed by atoms with Gasteiger partial charge in [0.15, 0.2) is 5.69 Å². The van der Waals surface area contributed by atoms with Gasteiger partial charge >= 0.3 is 5.82 Å². The summed E-state index contributed by atoms with van der Waals surface area (Å²) in [5, 5.41) is 0. The van der Waals surface area contributed by atoms with Crippen molar-refractivity contribution in [1.82, 2.24) is 4.98 Å². The maximum Gasteiger partial charge on any atom is 0.330 e. The Bertz CT molecular complexity index is 510. The van der Waals surface area contributed by atoms with Gasteiger partial charge in [-0.2, -0.15) is 0 Å². The van der Waals surface area contributed by atoms with Gasteiger partial charge in [0.05, 0.1) is 18.8 Å². The summed E-state index contributed by atoms with van der Waals surface area (Å²) in [5.41, 5.74) is 4.84. The van der Waals surface area contributed by atoms with E-state index < -0.39 is 0 Å². The van der Waals surface area contributed by atoms with Crippen molar-refractivity contribution in [2.45, 2.75) is 20.8 Å². The van der Waals surface area contributed by atoms with E-state index in [1.165, 1.54) is 16.7 Å². The van der Waals surface area contributed by atoms with Crippen molar-refractivity contribution in [1.29, 1.82) is 0 Å². The van der Waals surface area contributed by atoms with Crippen LogP contribution < -0.4 is 4.57 Å². The summed E-state index contributed by atoms with van der Waals surface area (Å²) in [6.45, 7) is 6.29. The zero-order valence-corrected chi connectivity index (χ0v) is 10.3. The lowest BCUT2D eigenvalue weighted by Gasteiger charge is -2.06. The second-order valence-corrected chi connectivity index (χ2v) is 4.27. The maximum atomic E-state index is 4.63. The minimum Gasteiger partial charge on any atom is -0.233 e. The van der Waals surface area contributed by atoms with Crippen LogP contribution in [0.2, 0.25) is 0 Å². The highest BCUT2D eigenvalue weighted by molar-refractivity contribution is 5.62. The molecule has 0 saturated heterocycles. The number of nitrogens with zero attached hydrogens (tertiary/aromatic N) is 2. The molecule has 0 unspecified atom stereocenters. The Hall–Kier alpha value is -1.70. The predicted molar refractivity (Wildman–Crippen MR) is 65.1 cm³/mol. The van der Waals surface area contributed by atoms with E-state index in [0.29, 0.717) is 0 Å². The molecule has 0 fully saturated rings. The molecule has 0 saturated carbocycles. The average Bonchev–Trinajstić information content (AvgIpc) is 2.23. The molecule has 0 N–H and O–H groups in total. The Balaban J connectivity index is 2.72. The standard InChI is InChI=1S/C14H17N2/c1-10-6-5-7-11(2)13(10)14-15-12(3)8-9-16(14)4/h5-9H,1-4H3/q+1. The molecule has 0 aliphatic heterocycles. The highest BCUT2D eigenvalue weighted by Crippen LogP contribution is 2.22. The molecule has 0 bridgehead atoms. The molecule has 1 heterocycles. The Kier molecular flexibility index (Phi) is 2.73. The Morgan fingerprint density at radius 3 is 2.25 bits per heavy atom. The van der Waals surface area contributed by atoms with E-state index in [9.17, 15) is 0 Å². The first-order valence-corrected chi connectivity index (χ1v) is 5.49. The minimum absolute atomic E-state index is 1.04. The fourth-order valence-electron chi connectivity index (χ4n) is 1.97. The van der Waals surface area contributed by atoms with Crippen LogP contribution in [0.1, 0.15) is 16.8 Å². The van der Waals surface area contributed by atoms with E-state index in [0.717, 1.165) is 11.5 Å². The van der Waals surface area contributed by atoms with Crippen molar-refractivity contribution in [2.75, 3.05) is 0 Å². The SMILES string of the molecule is Cc1cc[n+](C)c(-c2c(C)cccc2C)n1. The lowest BCUT2D eigenvalue weighted by Crippen LogP contribution is -2.32. The molecule has 0 aliphatic rings. The smallest absolute Gasteiger partial charge is 0.233 e. The van der Waals surface area contributed by atoms with E-state index in [1.54, 1.807) is 0 Å². The van der Waals surface area contributed by atoms with Gasteiger partial charge in [0.2, 0.25) is 0 Å². The van der Waals surface area contributed by atoms with E-state index in [-0.39, 0.29) is 0 Å². The van der Waals surface area contributed by atoms with Gasteiger partial charge in [-0.15, -0.1) is 0 Å². The highest BCUT2D eigenvalue weighted by Gasteiger charge is 2.17. The van der Waals surface area contributed by atoms with Gasteiger partial charge < -0.3 is 0 Å². The molecular formula is C14H17N2+. The number of aryl methyl sites for hydroxylation is 4. The third-order valence-electron chi connectivity index (χ3n) is 2.86. The van der Waals surface area contributed by atoms with E-state index in [2.05, 4.69) is 47.8 Å². The molecule has 1 aromatic heterocycles. The summed E-state index contributed by atoms with van der Waals surface area (Å²) in [4.78, 5) is 4.63. The molecule has 0 radical (unpaired) electrons. The van der Waals surface area contributed by atoms with Gasteiger partial charge in [0.25, 0.3) is 0 Å². The van der Waals surface area contributed by atoms with Crippen LogP contribution in [0, 0.1) is 20.8 Å². The average molecular weight is 213 g/mol. The van der Waals surface area contributed by atoms with Crippen LogP contribution in [-0.4, -0.2) is 4.98 Å². The highest BCUT2D eigenvalue weighted by atomic mass is 15.0. The van der Waals surface area contributed by atoms with Crippen LogP contribution >= 0.6 is 0 Å². The molecule has 82 valence electrons. The van der Waals surface area contributed by atoms with Crippen molar-refractivity contribution >= 4 is 0 Å². The zero-order valence-electron chi connectivity index (χ0n) is 10.3. The second kappa shape index (κ2) is 4.05. The van der Waals surface area contributed by atoms with Gasteiger partial charge in [-0.25, -0.2) is 4.57 Å². The maximum absolute atomic E-state index is 4.63. The van der Waals surface area contributed by atoms with Gasteiger partial charge in [0, 0.05) is 13.0 Å². The monoisotopic (exact) mass is 213 g/mol. The summed E-state index contributed by atoms with van der Waals surface area (Å²) < 4.78 is 2.07. The summed E-state index contributed by atoms with van der Waals surface area (Å²) in [6, 6.07) is 8.37. The number of hydrogen-bond donors (Lipinski definition) is 0. The fourth-order valence-corrected chi connectivity index (χ4v) is 1.97. The number of aromatic nitrogens is 2. The molecule has 2 heteroatoms. The van der Waals surface area contributed by atoms with Crippen molar-refractivity contribution in [3.05, 3.63) is 47.3 Å². The summed E-state index contributed by atoms with van der Waals surface area (Å²) in [6.07, 6.45) is 2.06. The van der Waals surface area contributed by atoms with Crippen LogP contribution in [0.5, 0.6) is 0 Å². The van der Waals surface area contributed by atoms with Crippen molar-refractivity contribution in [3.63, 3.8) is 0 Å². The lowest BCUT2D eigenvalue weighted by molar-refractivity contribution is -0.663. The third kappa shape index (κ3) is 1.83. The first-order chi connectivity index (χ1) is 7.59. The number of hydrogen-bond acceptors (Lipinski definition) is 1. The Morgan fingerprint density at radius 2 is 1.62 bits per heavy atom. The van der Waals surface area contributed by atoms with Gasteiger partial charge in [-0.05, 0) is 30.0 Å². The van der Waals surface area contributed by atoms with Crippen LogP contribution in [0.25, 0.3) is 11.4 Å². The normalized spacial score (nSPS) is 10.5. The molecule has 0 atom stereocenters. The first kappa shape index (κ1) is 10.8. The van der Waals surface area contributed by atoms with Gasteiger partial charge in [0.1, 0.15) is 0 Å². The van der Waals surface area contributed by atoms with E-state index in [4.69, 9.17) is 0 Å². The lowest BCUT2D eigenvalue weighted by atomic mass is 10.0. The predicted octanol–water partition coefficient (Wildman–Crippen LogP) is 2.50.